The molecule has 1 saturated heterocycles. The van der Waals surface area contributed by atoms with E-state index in [1.807, 2.05) is 6.07 Å². The van der Waals surface area contributed by atoms with Gasteiger partial charge in [0.05, 0.1) is 0 Å². The van der Waals surface area contributed by atoms with Gasteiger partial charge in [-0.2, -0.15) is 9.97 Å². The van der Waals surface area contributed by atoms with Gasteiger partial charge in [-0.15, -0.1) is 0 Å². The molecule has 5 N–H and O–H groups in total. The van der Waals surface area contributed by atoms with Gasteiger partial charge >= 0.3 is 0 Å². The lowest BCUT2D eigenvalue weighted by molar-refractivity contribution is 0.0761. The van der Waals surface area contributed by atoms with E-state index in [-0.39, 0.29) is 0 Å². The number of anilines is 3. The smallest absolute Gasteiger partial charge is 0.226 e. The lowest BCUT2D eigenvalue weighted by Crippen LogP contribution is -2.61. The fourth-order valence-corrected chi connectivity index (χ4v) is 8.12. The maximum absolute atomic E-state index is 6.31. The Bertz CT molecular complexity index is 889. The van der Waals surface area contributed by atoms with Crippen molar-refractivity contribution in [1.29, 1.82) is 0 Å². The number of rotatable bonds is 14. The molecule has 0 aromatic carbocycles. The first-order valence-corrected chi connectivity index (χ1v) is 17.5. The van der Waals surface area contributed by atoms with Crippen LogP contribution in [0.2, 0.25) is 0 Å². The predicted octanol–water partition coefficient (Wildman–Crippen LogP) is 5.41. The van der Waals surface area contributed by atoms with E-state index in [4.69, 9.17) is 10.7 Å². The summed E-state index contributed by atoms with van der Waals surface area (Å²) in [6, 6.07) is 2.77. The largest absolute Gasteiger partial charge is 0.383 e. The predicted molar refractivity (Wildman–Crippen MR) is 173 cm³/mol. The monoisotopic (exact) mass is 568 g/mol. The van der Waals surface area contributed by atoms with Crippen molar-refractivity contribution in [2.24, 2.45) is 11.8 Å². The summed E-state index contributed by atoms with van der Waals surface area (Å²) >= 11 is 0. The summed E-state index contributed by atoms with van der Waals surface area (Å²) < 4.78 is 0. The van der Waals surface area contributed by atoms with Gasteiger partial charge in [0.25, 0.3) is 0 Å². The lowest BCUT2D eigenvalue weighted by atomic mass is 9.82. The summed E-state index contributed by atoms with van der Waals surface area (Å²) in [6.45, 7) is 11.2. The van der Waals surface area contributed by atoms with Gasteiger partial charge in [-0.3, -0.25) is 4.90 Å². The molecule has 2 heterocycles. The van der Waals surface area contributed by atoms with Crippen molar-refractivity contribution in [3.8, 4) is 0 Å². The van der Waals surface area contributed by atoms with E-state index < -0.39 is 0 Å². The van der Waals surface area contributed by atoms with Gasteiger partial charge in [0, 0.05) is 43.8 Å². The van der Waals surface area contributed by atoms with Gasteiger partial charge in [-0.25, -0.2) is 0 Å². The van der Waals surface area contributed by atoms with Crippen LogP contribution in [0.3, 0.4) is 0 Å². The Labute approximate surface area is 250 Å². The van der Waals surface area contributed by atoms with Crippen LogP contribution in [0.4, 0.5) is 17.6 Å². The Hall–Kier alpha value is -1.64. The fraction of sp³-hybridized carbons (Fsp3) is 0.879. The van der Waals surface area contributed by atoms with Crippen LogP contribution in [-0.2, 0) is 0 Å². The Morgan fingerprint density at radius 1 is 0.878 bits per heavy atom. The van der Waals surface area contributed by atoms with Crippen LogP contribution in [-0.4, -0.2) is 78.8 Å². The first-order valence-electron chi connectivity index (χ1n) is 17.5. The van der Waals surface area contributed by atoms with E-state index in [0.29, 0.717) is 23.2 Å². The van der Waals surface area contributed by atoms with Crippen molar-refractivity contribution >= 4 is 17.6 Å². The molecule has 1 aromatic heterocycles. The van der Waals surface area contributed by atoms with Crippen molar-refractivity contribution in [2.45, 2.75) is 121 Å². The summed E-state index contributed by atoms with van der Waals surface area (Å²) in [7, 11) is 0. The number of nitrogens with two attached hydrogens (primary N) is 1. The number of hydrogen-bond acceptors (Lipinski definition) is 8. The van der Waals surface area contributed by atoms with Crippen molar-refractivity contribution < 1.29 is 0 Å². The van der Waals surface area contributed by atoms with Gasteiger partial charge in [-0.1, -0.05) is 45.4 Å². The number of nitrogen functional groups attached to an aromatic ring is 1. The molecule has 232 valence electrons. The maximum atomic E-state index is 6.31. The zero-order valence-electron chi connectivity index (χ0n) is 26.1. The second kappa shape index (κ2) is 15.7. The first kappa shape index (κ1) is 30.8. The van der Waals surface area contributed by atoms with Crippen LogP contribution in [0, 0.1) is 11.8 Å². The minimum atomic E-state index is 0.319. The van der Waals surface area contributed by atoms with Gasteiger partial charge in [0.2, 0.25) is 5.95 Å². The Kier molecular flexibility index (Phi) is 11.8. The Balaban J connectivity index is 1.01. The van der Waals surface area contributed by atoms with Gasteiger partial charge in [0.1, 0.15) is 11.6 Å². The molecule has 1 aliphatic heterocycles. The molecule has 3 aliphatic carbocycles. The molecule has 4 aliphatic rings. The number of nitrogens with zero attached hydrogens (tertiary/aromatic N) is 4. The van der Waals surface area contributed by atoms with E-state index in [2.05, 4.69) is 37.7 Å². The third-order valence-corrected chi connectivity index (χ3v) is 10.7. The van der Waals surface area contributed by atoms with Crippen molar-refractivity contribution in [2.75, 3.05) is 68.3 Å². The molecule has 41 heavy (non-hydrogen) atoms. The lowest BCUT2D eigenvalue weighted by Gasteiger charge is -2.49. The number of nitrogens with one attached hydrogen (secondary N) is 3. The first-order chi connectivity index (χ1) is 20.1. The van der Waals surface area contributed by atoms with E-state index in [0.717, 1.165) is 50.5 Å². The molecule has 1 spiro atoms. The average molecular weight is 569 g/mol. The standard InChI is InChI=1S/C33H60N8/c1-2-3-20-41-22-21-40(26-33(41)16-7-8-17-33)31-23-30(34)38-32(39-31)37-25-28-14-12-27(13-15-28)24-35-18-9-19-36-29-10-5-4-6-11-29/h23,27-29,35-36H,2-22,24-26H2,1H3,(H3,34,37,38,39). The summed E-state index contributed by atoms with van der Waals surface area (Å²) in [4.78, 5) is 14.8. The maximum Gasteiger partial charge on any atom is 0.226 e. The van der Waals surface area contributed by atoms with E-state index in [1.54, 1.807) is 0 Å². The van der Waals surface area contributed by atoms with Gasteiger partial charge in [-0.05, 0) is 102 Å². The highest BCUT2D eigenvalue weighted by atomic mass is 15.3. The van der Waals surface area contributed by atoms with Crippen LogP contribution in [0.1, 0.15) is 110 Å². The zero-order valence-corrected chi connectivity index (χ0v) is 26.1. The number of aromatic nitrogens is 2. The zero-order chi connectivity index (χ0) is 28.3. The minimum absolute atomic E-state index is 0.319. The van der Waals surface area contributed by atoms with Crippen molar-refractivity contribution in [3.63, 3.8) is 0 Å². The number of unbranched alkanes of at least 4 members (excludes halogenated alkanes) is 1. The second-order valence-corrected chi connectivity index (χ2v) is 13.8. The molecular formula is C33H60N8. The molecule has 1 aromatic rings. The van der Waals surface area contributed by atoms with E-state index >= 15 is 0 Å². The third-order valence-electron chi connectivity index (χ3n) is 10.7. The molecule has 8 nitrogen and oxygen atoms in total. The quantitative estimate of drug-likeness (QED) is 0.221. The third kappa shape index (κ3) is 8.93. The molecule has 0 unspecified atom stereocenters. The molecule has 0 bridgehead atoms. The summed E-state index contributed by atoms with van der Waals surface area (Å²) in [6.07, 6.45) is 21.4. The normalized spacial score (nSPS) is 25.6. The molecule has 3 saturated carbocycles. The number of hydrogen-bond donors (Lipinski definition) is 4. The van der Waals surface area contributed by atoms with Crippen LogP contribution in [0.15, 0.2) is 6.07 Å². The molecular weight excluding hydrogens is 508 g/mol. The highest BCUT2D eigenvalue weighted by molar-refractivity contribution is 5.52. The fourth-order valence-electron chi connectivity index (χ4n) is 8.12. The summed E-state index contributed by atoms with van der Waals surface area (Å²) in [5.74, 6) is 3.81. The second-order valence-electron chi connectivity index (χ2n) is 13.8. The molecule has 4 fully saturated rings. The summed E-state index contributed by atoms with van der Waals surface area (Å²) in [5.41, 5.74) is 6.63. The van der Waals surface area contributed by atoms with Crippen LogP contribution < -0.4 is 26.6 Å². The Morgan fingerprint density at radius 3 is 2.39 bits per heavy atom. The SMILES string of the molecule is CCCCN1CCN(c2cc(N)nc(NCC3CCC(CNCCCNC4CCCCC4)CC3)n2)CC12CCCC2. The molecule has 8 heteroatoms. The van der Waals surface area contributed by atoms with Crippen LogP contribution in [0.25, 0.3) is 0 Å². The van der Waals surface area contributed by atoms with Crippen molar-refractivity contribution in [3.05, 3.63) is 6.07 Å². The van der Waals surface area contributed by atoms with Crippen LogP contribution >= 0.6 is 0 Å². The molecule has 0 atom stereocenters. The van der Waals surface area contributed by atoms with Gasteiger partial charge < -0.3 is 26.6 Å². The molecule has 5 rings (SSSR count). The van der Waals surface area contributed by atoms with E-state index in [9.17, 15) is 0 Å². The molecule has 0 amide bonds. The molecule has 0 radical (unpaired) electrons. The van der Waals surface area contributed by atoms with Crippen LogP contribution in [0.5, 0.6) is 0 Å². The highest BCUT2D eigenvalue weighted by Crippen LogP contribution is 2.39. The van der Waals surface area contributed by atoms with E-state index in [1.165, 1.54) is 122 Å². The highest BCUT2D eigenvalue weighted by Gasteiger charge is 2.43. The Morgan fingerprint density at radius 2 is 1.63 bits per heavy atom. The topological polar surface area (TPSA) is 94.4 Å². The summed E-state index contributed by atoms with van der Waals surface area (Å²) in [5, 5.41) is 11.1. The minimum Gasteiger partial charge on any atom is -0.383 e. The number of piperazine rings is 1. The van der Waals surface area contributed by atoms with Gasteiger partial charge in [0.15, 0.2) is 0 Å². The van der Waals surface area contributed by atoms with Crippen molar-refractivity contribution in [1.82, 2.24) is 25.5 Å². The average Bonchev–Trinajstić information content (AvgIpc) is 3.46.